The number of carbonyl (C=O) groups excluding carboxylic acids is 1. The van der Waals surface area contributed by atoms with Gasteiger partial charge in [0, 0.05) is 30.2 Å². The number of esters is 1. The van der Waals surface area contributed by atoms with Crippen LogP contribution in [-0.4, -0.2) is 23.0 Å². The van der Waals surface area contributed by atoms with Gasteiger partial charge in [0.05, 0.1) is 6.10 Å². The summed E-state index contributed by atoms with van der Waals surface area (Å²) >= 11 is 0. The molecular formula is C24H30O4. The molecule has 150 valence electrons. The van der Waals surface area contributed by atoms with Crippen molar-refractivity contribution in [2.75, 3.05) is 0 Å². The highest BCUT2D eigenvalue weighted by atomic mass is 16.6. The summed E-state index contributed by atoms with van der Waals surface area (Å²) in [4.78, 5) is 11.9. The van der Waals surface area contributed by atoms with Crippen LogP contribution in [0.2, 0.25) is 0 Å². The van der Waals surface area contributed by atoms with Crippen molar-refractivity contribution >= 4 is 16.7 Å². The Balaban J connectivity index is 2.33. The lowest BCUT2D eigenvalue weighted by molar-refractivity contribution is -0.153. The van der Waals surface area contributed by atoms with E-state index >= 15 is 0 Å². The zero-order chi connectivity index (χ0) is 20.9. The van der Waals surface area contributed by atoms with Crippen molar-refractivity contribution in [2.24, 2.45) is 11.8 Å². The van der Waals surface area contributed by atoms with E-state index in [4.69, 9.17) is 9.47 Å². The van der Waals surface area contributed by atoms with Gasteiger partial charge in [0.2, 0.25) is 5.79 Å². The monoisotopic (exact) mass is 382 g/mol. The summed E-state index contributed by atoms with van der Waals surface area (Å²) in [6, 6.07) is 11.9. The van der Waals surface area contributed by atoms with Gasteiger partial charge in [-0.3, -0.25) is 4.79 Å². The van der Waals surface area contributed by atoms with Crippen LogP contribution in [0.5, 0.6) is 5.75 Å². The second-order valence-corrected chi connectivity index (χ2v) is 7.79. The van der Waals surface area contributed by atoms with Crippen molar-refractivity contribution in [1.82, 2.24) is 0 Å². The standard InChI is InChI=1S/C24H30O4/c1-16(2)24(6,26)28-22-20(15-14-19-11-7-8-13-21(19)22)12-9-10-18(5)23(25)27-17(3)4/h7-8,11,13-18,26H,12H2,1-6H3. The Morgan fingerprint density at radius 3 is 2.43 bits per heavy atom. The molecule has 0 bridgehead atoms. The quantitative estimate of drug-likeness (QED) is 0.446. The van der Waals surface area contributed by atoms with E-state index in [1.54, 1.807) is 13.8 Å². The number of aliphatic hydroxyl groups is 1. The number of hydrogen-bond acceptors (Lipinski definition) is 4. The van der Waals surface area contributed by atoms with Gasteiger partial charge in [-0.1, -0.05) is 62.1 Å². The molecule has 28 heavy (non-hydrogen) atoms. The van der Waals surface area contributed by atoms with Gasteiger partial charge in [-0.15, -0.1) is 0 Å². The van der Waals surface area contributed by atoms with Crippen molar-refractivity contribution in [2.45, 2.75) is 59.9 Å². The van der Waals surface area contributed by atoms with Crippen LogP contribution >= 0.6 is 0 Å². The molecule has 0 spiro atoms. The van der Waals surface area contributed by atoms with E-state index in [1.807, 2.05) is 64.1 Å². The lowest BCUT2D eigenvalue weighted by Gasteiger charge is -2.30. The van der Waals surface area contributed by atoms with Gasteiger partial charge in [-0.25, -0.2) is 0 Å². The number of carbonyl (C=O) groups is 1. The van der Waals surface area contributed by atoms with E-state index in [0.717, 1.165) is 16.3 Å². The molecule has 2 unspecified atom stereocenters. The van der Waals surface area contributed by atoms with Gasteiger partial charge in [0.1, 0.15) is 11.7 Å². The molecule has 2 aromatic rings. The first-order valence-corrected chi connectivity index (χ1v) is 9.72. The Morgan fingerprint density at radius 2 is 1.79 bits per heavy atom. The van der Waals surface area contributed by atoms with Crippen molar-refractivity contribution in [3.05, 3.63) is 42.0 Å². The summed E-state index contributed by atoms with van der Waals surface area (Å²) in [5.74, 6) is 4.44. The molecule has 0 heterocycles. The third kappa shape index (κ3) is 5.50. The van der Waals surface area contributed by atoms with E-state index < -0.39 is 11.7 Å². The summed E-state index contributed by atoms with van der Waals surface area (Å²) in [7, 11) is 0. The number of hydrogen-bond donors (Lipinski definition) is 1. The normalized spacial score (nSPS) is 14.3. The molecule has 0 aliphatic carbocycles. The molecule has 0 aromatic heterocycles. The predicted molar refractivity (Wildman–Crippen MR) is 112 cm³/mol. The molecule has 0 radical (unpaired) electrons. The molecule has 0 aliphatic heterocycles. The molecule has 0 saturated carbocycles. The molecule has 1 N–H and O–H groups in total. The van der Waals surface area contributed by atoms with E-state index in [0.29, 0.717) is 12.2 Å². The van der Waals surface area contributed by atoms with Crippen molar-refractivity contribution in [1.29, 1.82) is 0 Å². The second kappa shape index (κ2) is 9.12. The van der Waals surface area contributed by atoms with Gasteiger partial charge in [0.15, 0.2) is 0 Å². The largest absolute Gasteiger partial charge is 0.462 e. The number of benzene rings is 2. The minimum absolute atomic E-state index is 0.0868. The van der Waals surface area contributed by atoms with Gasteiger partial charge in [0.25, 0.3) is 0 Å². The maximum Gasteiger partial charge on any atom is 0.321 e. The van der Waals surface area contributed by atoms with E-state index in [2.05, 4.69) is 11.8 Å². The summed E-state index contributed by atoms with van der Waals surface area (Å²) < 4.78 is 11.3. The molecule has 4 heteroatoms. The Hall–Kier alpha value is -2.51. The third-order valence-corrected chi connectivity index (χ3v) is 4.64. The predicted octanol–water partition coefficient (Wildman–Crippen LogP) is 4.72. The molecule has 4 nitrogen and oxygen atoms in total. The third-order valence-electron chi connectivity index (χ3n) is 4.64. The molecule has 2 atom stereocenters. The van der Waals surface area contributed by atoms with Gasteiger partial charge < -0.3 is 14.6 Å². The van der Waals surface area contributed by atoms with Crippen LogP contribution in [0.25, 0.3) is 10.8 Å². The summed E-state index contributed by atoms with van der Waals surface area (Å²) in [6.45, 7) is 10.9. The van der Waals surface area contributed by atoms with Gasteiger partial charge >= 0.3 is 5.97 Å². The SMILES string of the molecule is CC(C)OC(=O)C(C)C#CCc1ccc2ccccc2c1OC(C)(O)C(C)C. The molecule has 0 amide bonds. The zero-order valence-corrected chi connectivity index (χ0v) is 17.6. The summed E-state index contributed by atoms with van der Waals surface area (Å²) in [5, 5.41) is 12.6. The fraction of sp³-hybridized carbons (Fsp3) is 0.458. The maximum atomic E-state index is 11.9. The molecule has 0 aliphatic rings. The Bertz CT molecular complexity index is 884. The van der Waals surface area contributed by atoms with Crippen LogP contribution in [0.1, 0.15) is 47.1 Å². The fourth-order valence-corrected chi connectivity index (χ4v) is 2.57. The second-order valence-electron chi connectivity index (χ2n) is 7.79. The fourth-order valence-electron chi connectivity index (χ4n) is 2.57. The van der Waals surface area contributed by atoms with Crippen molar-refractivity contribution in [3.8, 4) is 17.6 Å². The van der Waals surface area contributed by atoms with E-state index in [1.165, 1.54) is 0 Å². The van der Waals surface area contributed by atoms with Crippen LogP contribution in [-0.2, 0) is 16.0 Å². The van der Waals surface area contributed by atoms with Crippen molar-refractivity contribution in [3.63, 3.8) is 0 Å². The minimum Gasteiger partial charge on any atom is -0.462 e. The molecular weight excluding hydrogens is 352 g/mol. The van der Waals surface area contributed by atoms with Crippen LogP contribution in [0.15, 0.2) is 36.4 Å². The molecule has 2 rings (SSSR count). The van der Waals surface area contributed by atoms with Crippen molar-refractivity contribution < 1.29 is 19.4 Å². The Kier molecular flexibility index (Phi) is 7.10. The number of fused-ring (bicyclic) bond motifs is 1. The van der Waals surface area contributed by atoms with E-state index in [9.17, 15) is 9.90 Å². The van der Waals surface area contributed by atoms with Crippen LogP contribution in [0.4, 0.5) is 0 Å². The summed E-state index contributed by atoms with van der Waals surface area (Å²) in [5.41, 5.74) is 0.872. The van der Waals surface area contributed by atoms with Crippen LogP contribution < -0.4 is 4.74 Å². The van der Waals surface area contributed by atoms with Crippen LogP contribution in [0.3, 0.4) is 0 Å². The number of ether oxygens (including phenoxy) is 2. The van der Waals surface area contributed by atoms with Crippen LogP contribution in [0, 0.1) is 23.7 Å². The van der Waals surface area contributed by atoms with Gasteiger partial charge in [-0.05, 0) is 26.2 Å². The highest BCUT2D eigenvalue weighted by Crippen LogP contribution is 2.34. The maximum absolute atomic E-state index is 11.9. The smallest absolute Gasteiger partial charge is 0.321 e. The zero-order valence-electron chi connectivity index (χ0n) is 17.6. The topological polar surface area (TPSA) is 55.8 Å². The summed E-state index contributed by atoms with van der Waals surface area (Å²) in [6.07, 6.45) is 0.253. The Labute approximate surface area is 167 Å². The highest BCUT2D eigenvalue weighted by Gasteiger charge is 2.28. The highest BCUT2D eigenvalue weighted by molar-refractivity contribution is 5.89. The van der Waals surface area contributed by atoms with Gasteiger partial charge in [-0.2, -0.15) is 0 Å². The molecule has 0 fully saturated rings. The first kappa shape index (κ1) is 21.8. The minimum atomic E-state index is -1.30. The molecule has 0 saturated heterocycles. The van der Waals surface area contributed by atoms with E-state index in [-0.39, 0.29) is 18.0 Å². The average molecular weight is 383 g/mol. The average Bonchev–Trinajstić information content (AvgIpc) is 2.62. The molecule has 2 aromatic carbocycles. The first-order valence-electron chi connectivity index (χ1n) is 9.72. The first-order chi connectivity index (χ1) is 13.1. The Morgan fingerprint density at radius 1 is 1.11 bits per heavy atom. The number of rotatable bonds is 6. The lowest BCUT2D eigenvalue weighted by atomic mass is 10.0. The lowest BCUT2D eigenvalue weighted by Crippen LogP contribution is -2.38.